The number of hydrogen-bond donors (Lipinski definition) is 2. The molecule has 1 amide bonds. The summed E-state index contributed by atoms with van der Waals surface area (Å²) in [6.45, 7) is 4.98. The highest BCUT2D eigenvalue weighted by atomic mass is 16.1. The van der Waals surface area contributed by atoms with Crippen molar-refractivity contribution in [2.45, 2.75) is 13.8 Å². The zero-order chi connectivity index (χ0) is 7.98. The van der Waals surface area contributed by atoms with Gasteiger partial charge in [0.25, 0.3) is 0 Å². The largest absolute Gasteiger partial charge is 0.369 e. The first-order valence-electron chi connectivity index (χ1n) is 3.25. The van der Waals surface area contributed by atoms with Crippen LogP contribution in [0.15, 0.2) is 11.6 Å². The molecule has 0 radical (unpaired) electrons. The van der Waals surface area contributed by atoms with E-state index >= 15 is 0 Å². The predicted octanol–water partition coefficient (Wildman–Crippen LogP) is 0.0275. The molecule has 3 heteroatoms. The molecule has 0 rings (SSSR count). The van der Waals surface area contributed by atoms with Crippen LogP contribution in [0.1, 0.15) is 13.8 Å². The number of nitrogens with two attached hydrogens (primary N) is 1. The third kappa shape index (κ3) is 7.17. The lowest BCUT2D eigenvalue weighted by molar-refractivity contribution is -0.117. The van der Waals surface area contributed by atoms with Crippen molar-refractivity contribution in [2.75, 3.05) is 13.1 Å². The number of primary amides is 1. The molecule has 3 nitrogen and oxygen atoms in total. The Morgan fingerprint density at radius 2 is 2.20 bits per heavy atom. The lowest BCUT2D eigenvalue weighted by Crippen LogP contribution is -2.28. The number of allylic oxidation sites excluding steroid dienone is 1. The zero-order valence-electron chi connectivity index (χ0n) is 6.48. The summed E-state index contributed by atoms with van der Waals surface area (Å²) < 4.78 is 0. The van der Waals surface area contributed by atoms with E-state index in [0.717, 1.165) is 0 Å². The van der Waals surface area contributed by atoms with Crippen LogP contribution in [0.4, 0.5) is 0 Å². The number of amides is 1. The van der Waals surface area contributed by atoms with Crippen molar-refractivity contribution in [3.63, 3.8) is 0 Å². The number of carbonyl (C=O) groups excluding carboxylic acids is 1. The Morgan fingerprint density at radius 1 is 1.60 bits per heavy atom. The lowest BCUT2D eigenvalue weighted by Gasteiger charge is -1.95. The van der Waals surface area contributed by atoms with E-state index in [9.17, 15) is 4.79 Å². The standard InChI is InChI=1S/C7H14N2O/c1-6(2)3-4-9-5-7(8)10/h3,9H,4-5H2,1-2H3,(H2,8,10). The third-order valence-corrected chi connectivity index (χ3v) is 0.954. The van der Waals surface area contributed by atoms with Gasteiger partial charge < -0.3 is 11.1 Å². The Balaban J connectivity index is 3.21. The Morgan fingerprint density at radius 3 is 2.60 bits per heavy atom. The van der Waals surface area contributed by atoms with Gasteiger partial charge in [0.05, 0.1) is 6.54 Å². The molecule has 0 aromatic carbocycles. The topological polar surface area (TPSA) is 55.1 Å². The van der Waals surface area contributed by atoms with Crippen LogP contribution in [-0.2, 0) is 4.79 Å². The van der Waals surface area contributed by atoms with Crippen LogP contribution in [0.5, 0.6) is 0 Å². The van der Waals surface area contributed by atoms with Crippen LogP contribution in [0, 0.1) is 0 Å². The van der Waals surface area contributed by atoms with Gasteiger partial charge in [-0.1, -0.05) is 11.6 Å². The van der Waals surface area contributed by atoms with Crippen LogP contribution < -0.4 is 11.1 Å². The molecule has 0 bridgehead atoms. The van der Waals surface area contributed by atoms with Crippen LogP contribution >= 0.6 is 0 Å². The van der Waals surface area contributed by atoms with E-state index in [0.29, 0.717) is 6.54 Å². The number of nitrogens with one attached hydrogen (secondary N) is 1. The predicted molar refractivity (Wildman–Crippen MR) is 41.5 cm³/mol. The third-order valence-electron chi connectivity index (χ3n) is 0.954. The van der Waals surface area contributed by atoms with Crippen molar-refractivity contribution in [1.29, 1.82) is 0 Å². The maximum Gasteiger partial charge on any atom is 0.231 e. The maximum atomic E-state index is 10.2. The average Bonchev–Trinajstić information content (AvgIpc) is 1.79. The maximum absolute atomic E-state index is 10.2. The highest BCUT2D eigenvalue weighted by Crippen LogP contribution is 1.84. The molecule has 3 N–H and O–H groups in total. The minimum atomic E-state index is -0.317. The van der Waals surface area contributed by atoms with E-state index in [2.05, 4.69) is 5.32 Å². The first-order valence-corrected chi connectivity index (χ1v) is 3.25. The molecule has 0 aliphatic heterocycles. The van der Waals surface area contributed by atoms with Crippen molar-refractivity contribution in [1.82, 2.24) is 5.32 Å². The van der Waals surface area contributed by atoms with E-state index in [1.54, 1.807) is 0 Å². The molecule has 0 heterocycles. The fourth-order valence-corrected chi connectivity index (χ4v) is 0.472. The van der Waals surface area contributed by atoms with Crippen LogP contribution in [-0.4, -0.2) is 19.0 Å². The monoisotopic (exact) mass is 142 g/mol. The SMILES string of the molecule is CC(C)=CCNCC(N)=O. The van der Waals surface area contributed by atoms with Gasteiger partial charge in [-0.25, -0.2) is 0 Å². The van der Waals surface area contributed by atoms with E-state index in [1.165, 1.54) is 5.57 Å². The van der Waals surface area contributed by atoms with Gasteiger partial charge in [0.2, 0.25) is 5.91 Å². The molecule has 0 saturated carbocycles. The van der Waals surface area contributed by atoms with Gasteiger partial charge in [0, 0.05) is 6.54 Å². The highest BCUT2D eigenvalue weighted by Gasteiger charge is 1.88. The molecule has 0 spiro atoms. The molecule has 0 aromatic heterocycles. The van der Waals surface area contributed by atoms with Gasteiger partial charge in [0.1, 0.15) is 0 Å². The summed E-state index contributed by atoms with van der Waals surface area (Å²) in [5.41, 5.74) is 6.12. The van der Waals surface area contributed by atoms with Crippen molar-refractivity contribution in [2.24, 2.45) is 5.73 Å². The quantitative estimate of drug-likeness (QED) is 0.429. The van der Waals surface area contributed by atoms with Crippen molar-refractivity contribution in [3.8, 4) is 0 Å². The molecule has 0 aromatic rings. The first-order chi connectivity index (χ1) is 4.63. The molecule has 0 aliphatic rings. The Kier molecular flexibility index (Phi) is 4.58. The summed E-state index contributed by atoms with van der Waals surface area (Å²) in [5.74, 6) is -0.317. The van der Waals surface area contributed by atoms with Gasteiger partial charge in [-0.2, -0.15) is 0 Å². The average molecular weight is 142 g/mol. The molecule has 10 heavy (non-hydrogen) atoms. The van der Waals surface area contributed by atoms with E-state index in [1.807, 2.05) is 19.9 Å². The summed E-state index contributed by atoms with van der Waals surface area (Å²) in [7, 11) is 0. The summed E-state index contributed by atoms with van der Waals surface area (Å²) >= 11 is 0. The second-order valence-corrected chi connectivity index (χ2v) is 2.38. The molecular formula is C7H14N2O. The molecule has 0 atom stereocenters. The molecule has 0 fully saturated rings. The van der Waals surface area contributed by atoms with Gasteiger partial charge in [-0.3, -0.25) is 4.79 Å². The van der Waals surface area contributed by atoms with Gasteiger partial charge in [0.15, 0.2) is 0 Å². The molecular weight excluding hydrogens is 128 g/mol. The van der Waals surface area contributed by atoms with Crippen molar-refractivity contribution >= 4 is 5.91 Å². The normalized spacial score (nSPS) is 9.00. The first kappa shape index (κ1) is 9.17. The highest BCUT2D eigenvalue weighted by molar-refractivity contribution is 5.75. The molecule has 0 unspecified atom stereocenters. The van der Waals surface area contributed by atoms with Crippen LogP contribution in [0.3, 0.4) is 0 Å². The second kappa shape index (κ2) is 4.99. The Hall–Kier alpha value is -0.830. The van der Waals surface area contributed by atoms with Gasteiger partial charge in [-0.15, -0.1) is 0 Å². The van der Waals surface area contributed by atoms with Gasteiger partial charge in [-0.05, 0) is 13.8 Å². The lowest BCUT2D eigenvalue weighted by atomic mass is 10.3. The molecule has 0 saturated heterocycles. The van der Waals surface area contributed by atoms with Crippen LogP contribution in [0.25, 0.3) is 0 Å². The summed E-state index contributed by atoms with van der Waals surface area (Å²) in [5, 5.41) is 2.87. The minimum Gasteiger partial charge on any atom is -0.369 e. The summed E-state index contributed by atoms with van der Waals surface area (Å²) in [6.07, 6.45) is 2.00. The zero-order valence-corrected chi connectivity index (χ0v) is 6.48. The number of rotatable bonds is 4. The number of carbonyl (C=O) groups is 1. The Labute approximate surface area is 61.3 Å². The molecule has 58 valence electrons. The Bertz CT molecular complexity index is 137. The van der Waals surface area contributed by atoms with Gasteiger partial charge >= 0.3 is 0 Å². The van der Waals surface area contributed by atoms with E-state index in [4.69, 9.17) is 5.73 Å². The van der Waals surface area contributed by atoms with E-state index < -0.39 is 0 Å². The molecule has 0 aliphatic carbocycles. The fourth-order valence-electron chi connectivity index (χ4n) is 0.472. The smallest absolute Gasteiger partial charge is 0.231 e. The summed E-state index contributed by atoms with van der Waals surface area (Å²) in [6, 6.07) is 0. The van der Waals surface area contributed by atoms with Crippen LogP contribution in [0.2, 0.25) is 0 Å². The fraction of sp³-hybridized carbons (Fsp3) is 0.571. The van der Waals surface area contributed by atoms with E-state index in [-0.39, 0.29) is 12.5 Å². The minimum absolute atomic E-state index is 0.254. The van der Waals surface area contributed by atoms with Crippen molar-refractivity contribution in [3.05, 3.63) is 11.6 Å². The second-order valence-electron chi connectivity index (χ2n) is 2.38. The number of hydrogen-bond acceptors (Lipinski definition) is 2. The van der Waals surface area contributed by atoms with Crippen molar-refractivity contribution < 1.29 is 4.79 Å². The summed E-state index contributed by atoms with van der Waals surface area (Å²) in [4.78, 5) is 10.2.